The van der Waals surface area contributed by atoms with Gasteiger partial charge in [-0.3, -0.25) is 9.20 Å². The number of fused-ring (bicyclic) bond motifs is 1. The summed E-state index contributed by atoms with van der Waals surface area (Å²) in [5.41, 5.74) is 1.41. The summed E-state index contributed by atoms with van der Waals surface area (Å²) < 4.78 is 2.95. The van der Waals surface area contributed by atoms with Gasteiger partial charge >= 0.3 is 0 Å². The van der Waals surface area contributed by atoms with Gasteiger partial charge in [0.05, 0.1) is 6.54 Å². The standard InChI is InChI=1S/C14H11IN4O/c15-11-6-4-10(5-7-11)14(20)16-9-13-18-17-12-3-1-2-8-19(12)13/h1-8H,9H2,(H,16,20). The highest BCUT2D eigenvalue weighted by Gasteiger charge is 2.08. The molecule has 3 rings (SSSR count). The van der Waals surface area contributed by atoms with Crippen LogP contribution in [0.2, 0.25) is 0 Å². The Bertz CT molecular complexity index is 751. The van der Waals surface area contributed by atoms with Crippen LogP contribution in [0.5, 0.6) is 0 Å². The molecule has 0 aliphatic heterocycles. The molecule has 1 amide bonds. The fourth-order valence-electron chi connectivity index (χ4n) is 1.87. The van der Waals surface area contributed by atoms with E-state index < -0.39 is 0 Å². The minimum atomic E-state index is -0.117. The van der Waals surface area contributed by atoms with Crippen molar-refractivity contribution in [3.05, 3.63) is 63.6 Å². The van der Waals surface area contributed by atoms with Crippen molar-refractivity contribution < 1.29 is 4.79 Å². The number of nitrogens with zero attached hydrogens (tertiary/aromatic N) is 3. The lowest BCUT2D eigenvalue weighted by Crippen LogP contribution is -2.23. The SMILES string of the molecule is O=C(NCc1nnc2ccccn12)c1ccc(I)cc1. The van der Waals surface area contributed by atoms with Crippen molar-refractivity contribution in [2.75, 3.05) is 0 Å². The van der Waals surface area contributed by atoms with Crippen molar-refractivity contribution in [2.24, 2.45) is 0 Å². The van der Waals surface area contributed by atoms with E-state index in [0.717, 1.165) is 9.22 Å². The maximum Gasteiger partial charge on any atom is 0.251 e. The van der Waals surface area contributed by atoms with Crippen LogP contribution in [0.3, 0.4) is 0 Å². The van der Waals surface area contributed by atoms with Crippen LogP contribution in [0.15, 0.2) is 48.7 Å². The Kier molecular flexibility index (Phi) is 3.64. The van der Waals surface area contributed by atoms with Crippen LogP contribution in [0.25, 0.3) is 5.65 Å². The average Bonchev–Trinajstić information content (AvgIpc) is 2.89. The zero-order valence-electron chi connectivity index (χ0n) is 10.5. The predicted octanol–water partition coefficient (Wildman–Crippen LogP) is 2.26. The van der Waals surface area contributed by atoms with Gasteiger partial charge in [0.15, 0.2) is 11.5 Å². The summed E-state index contributed by atoms with van der Waals surface area (Å²) in [6, 6.07) is 13.1. The maximum absolute atomic E-state index is 12.0. The molecule has 6 heteroatoms. The lowest BCUT2D eigenvalue weighted by atomic mass is 10.2. The summed E-state index contributed by atoms with van der Waals surface area (Å²) in [6.07, 6.45) is 1.88. The summed E-state index contributed by atoms with van der Waals surface area (Å²) in [7, 11) is 0. The molecule has 0 bridgehead atoms. The van der Waals surface area contributed by atoms with Gasteiger partial charge in [0, 0.05) is 15.3 Å². The van der Waals surface area contributed by atoms with Gasteiger partial charge in [-0.1, -0.05) is 6.07 Å². The molecular formula is C14H11IN4O. The molecule has 0 radical (unpaired) electrons. The second kappa shape index (κ2) is 5.58. The van der Waals surface area contributed by atoms with Crippen LogP contribution in [-0.4, -0.2) is 20.5 Å². The molecule has 0 fully saturated rings. The van der Waals surface area contributed by atoms with Crippen LogP contribution >= 0.6 is 22.6 Å². The molecule has 2 aromatic heterocycles. The van der Waals surface area contributed by atoms with E-state index in [9.17, 15) is 4.79 Å². The minimum Gasteiger partial charge on any atom is -0.345 e. The second-order valence-electron chi connectivity index (χ2n) is 4.23. The van der Waals surface area contributed by atoms with Gasteiger partial charge in [0.2, 0.25) is 0 Å². The van der Waals surface area contributed by atoms with Crippen molar-refractivity contribution in [3.8, 4) is 0 Å². The molecule has 3 aromatic rings. The number of aromatic nitrogens is 3. The molecule has 0 spiro atoms. The van der Waals surface area contributed by atoms with Crippen molar-refractivity contribution >= 4 is 34.1 Å². The zero-order valence-corrected chi connectivity index (χ0v) is 12.6. The number of pyridine rings is 1. The molecule has 20 heavy (non-hydrogen) atoms. The average molecular weight is 378 g/mol. The Morgan fingerprint density at radius 2 is 1.95 bits per heavy atom. The summed E-state index contributed by atoms with van der Waals surface area (Å²) >= 11 is 2.21. The molecule has 100 valence electrons. The van der Waals surface area contributed by atoms with Crippen LogP contribution in [0, 0.1) is 3.57 Å². The summed E-state index contributed by atoms with van der Waals surface area (Å²) in [6.45, 7) is 0.343. The van der Waals surface area contributed by atoms with Crippen molar-refractivity contribution in [2.45, 2.75) is 6.54 Å². The molecular weight excluding hydrogens is 367 g/mol. The Morgan fingerprint density at radius 1 is 1.15 bits per heavy atom. The van der Waals surface area contributed by atoms with Crippen LogP contribution < -0.4 is 5.32 Å². The van der Waals surface area contributed by atoms with E-state index in [0.29, 0.717) is 17.9 Å². The molecule has 0 aliphatic carbocycles. The third-order valence-electron chi connectivity index (χ3n) is 2.90. The Morgan fingerprint density at radius 3 is 2.75 bits per heavy atom. The maximum atomic E-state index is 12.0. The highest BCUT2D eigenvalue weighted by molar-refractivity contribution is 14.1. The summed E-state index contributed by atoms with van der Waals surface area (Å²) in [5, 5.41) is 11.0. The van der Waals surface area contributed by atoms with E-state index in [1.165, 1.54) is 0 Å². The van der Waals surface area contributed by atoms with Gasteiger partial charge in [-0.25, -0.2) is 0 Å². The number of nitrogens with one attached hydrogen (secondary N) is 1. The van der Waals surface area contributed by atoms with Gasteiger partial charge in [-0.05, 0) is 59.0 Å². The molecule has 0 saturated heterocycles. The number of benzene rings is 1. The van der Waals surface area contributed by atoms with Gasteiger partial charge in [-0.2, -0.15) is 0 Å². The van der Waals surface area contributed by atoms with E-state index in [4.69, 9.17) is 0 Å². The predicted molar refractivity (Wildman–Crippen MR) is 83.3 cm³/mol. The van der Waals surface area contributed by atoms with Gasteiger partial charge < -0.3 is 5.32 Å². The van der Waals surface area contributed by atoms with Crippen molar-refractivity contribution in [1.82, 2.24) is 19.9 Å². The monoisotopic (exact) mass is 378 g/mol. The summed E-state index contributed by atoms with van der Waals surface area (Å²) in [5.74, 6) is 0.591. The van der Waals surface area contributed by atoms with Gasteiger partial charge in [-0.15, -0.1) is 10.2 Å². The first-order valence-corrected chi connectivity index (χ1v) is 7.14. The zero-order chi connectivity index (χ0) is 13.9. The first kappa shape index (κ1) is 13.0. The Hall–Kier alpha value is -1.96. The molecule has 2 heterocycles. The van der Waals surface area contributed by atoms with E-state index in [2.05, 4.69) is 38.1 Å². The molecule has 1 N–H and O–H groups in total. The minimum absolute atomic E-state index is 0.117. The number of carbonyl (C=O) groups is 1. The van der Waals surface area contributed by atoms with E-state index in [-0.39, 0.29) is 5.91 Å². The molecule has 5 nitrogen and oxygen atoms in total. The number of amides is 1. The fraction of sp³-hybridized carbons (Fsp3) is 0.0714. The quantitative estimate of drug-likeness (QED) is 0.712. The number of carbonyl (C=O) groups excluding carboxylic acids is 1. The second-order valence-corrected chi connectivity index (χ2v) is 5.48. The first-order chi connectivity index (χ1) is 9.74. The van der Waals surface area contributed by atoms with E-state index >= 15 is 0 Å². The topological polar surface area (TPSA) is 59.3 Å². The van der Waals surface area contributed by atoms with E-state index in [1.54, 1.807) is 12.1 Å². The number of halogens is 1. The highest BCUT2D eigenvalue weighted by Crippen LogP contribution is 2.07. The number of rotatable bonds is 3. The van der Waals surface area contributed by atoms with Crippen molar-refractivity contribution in [1.29, 1.82) is 0 Å². The largest absolute Gasteiger partial charge is 0.345 e. The molecule has 1 aromatic carbocycles. The van der Waals surface area contributed by atoms with Gasteiger partial charge in [0.25, 0.3) is 5.91 Å². The third-order valence-corrected chi connectivity index (χ3v) is 3.62. The number of hydrogen-bond donors (Lipinski definition) is 1. The Labute approximate surface area is 129 Å². The van der Waals surface area contributed by atoms with Crippen LogP contribution in [0.1, 0.15) is 16.2 Å². The lowest BCUT2D eigenvalue weighted by Gasteiger charge is -2.04. The molecule has 0 saturated carbocycles. The molecule has 0 aliphatic rings. The van der Waals surface area contributed by atoms with Crippen LogP contribution in [-0.2, 0) is 6.54 Å². The van der Waals surface area contributed by atoms with Crippen LogP contribution in [0.4, 0.5) is 0 Å². The summed E-state index contributed by atoms with van der Waals surface area (Å²) in [4.78, 5) is 12.0. The fourth-order valence-corrected chi connectivity index (χ4v) is 2.23. The lowest BCUT2D eigenvalue weighted by molar-refractivity contribution is 0.0950. The highest BCUT2D eigenvalue weighted by atomic mass is 127. The molecule has 0 unspecified atom stereocenters. The van der Waals surface area contributed by atoms with E-state index in [1.807, 2.05) is 40.9 Å². The smallest absolute Gasteiger partial charge is 0.251 e. The third kappa shape index (κ3) is 2.64. The first-order valence-electron chi connectivity index (χ1n) is 6.06. The normalized spacial score (nSPS) is 10.7. The molecule has 0 atom stereocenters. The van der Waals surface area contributed by atoms with Crippen molar-refractivity contribution in [3.63, 3.8) is 0 Å². The van der Waals surface area contributed by atoms with Gasteiger partial charge in [0.1, 0.15) is 0 Å². The number of hydrogen-bond acceptors (Lipinski definition) is 3. The Balaban J connectivity index is 1.73.